The molecule has 0 atom stereocenters. The summed E-state index contributed by atoms with van der Waals surface area (Å²) in [5.74, 6) is 1.25. The first-order chi connectivity index (χ1) is 11.2. The van der Waals surface area contributed by atoms with E-state index in [-0.39, 0.29) is 5.91 Å². The first-order valence-corrected chi connectivity index (χ1v) is 8.73. The maximum Gasteiger partial charge on any atom is 0.289 e. The van der Waals surface area contributed by atoms with Gasteiger partial charge in [-0.1, -0.05) is 23.9 Å². The summed E-state index contributed by atoms with van der Waals surface area (Å²) >= 11 is 1.49. The first kappa shape index (κ1) is 15.7. The number of hydrogen-bond acceptors (Lipinski definition) is 4. The third-order valence-electron chi connectivity index (χ3n) is 3.69. The molecule has 0 radical (unpaired) electrons. The number of nitrogens with one attached hydrogen (secondary N) is 1. The number of aromatic amines is 1. The highest BCUT2D eigenvalue weighted by molar-refractivity contribution is 7.98. The Morgan fingerprint density at radius 1 is 1.30 bits per heavy atom. The van der Waals surface area contributed by atoms with Gasteiger partial charge >= 0.3 is 0 Å². The van der Waals surface area contributed by atoms with Crippen LogP contribution >= 0.6 is 11.8 Å². The molecule has 0 saturated heterocycles. The highest BCUT2D eigenvalue weighted by Gasteiger charge is 2.15. The molecular weight excluding hydrogens is 310 g/mol. The van der Waals surface area contributed by atoms with E-state index >= 15 is 0 Å². The minimum Gasteiger partial charge on any atom is -0.445 e. The Balaban J connectivity index is 1.54. The third-order valence-corrected chi connectivity index (χ3v) is 4.31. The second-order valence-corrected chi connectivity index (χ2v) is 6.16. The maximum absolute atomic E-state index is 12.3. The van der Waals surface area contributed by atoms with Crippen LogP contribution in [0, 0.1) is 0 Å². The summed E-state index contributed by atoms with van der Waals surface area (Å²) in [6.07, 6.45) is 3.57. The lowest BCUT2D eigenvalue weighted by Crippen LogP contribution is -2.27. The van der Waals surface area contributed by atoms with Gasteiger partial charge in [-0.2, -0.15) is 0 Å². The summed E-state index contributed by atoms with van der Waals surface area (Å²) in [6, 6.07) is 11.5. The van der Waals surface area contributed by atoms with Gasteiger partial charge in [0.1, 0.15) is 5.82 Å². The lowest BCUT2D eigenvalue weighted by atomic mass is 10.2. The molecule has 23 heavy (non-hydrogen) atoms. The van der Waals surface area contributed by atoms with Gasteiger partial charge in [-0.15, -0.1) is 0 Å². The fourth-order valence-electron chi connectivity index (χ4n) is 2.44. The van der Waals surface area contributed by atoms with E-state index in [1.54, 1.807) is 18.0 Å². The summed E-state index contributed by atoms with van der Waals surface area (Å²) < 4.78 is 5.47. The molecule has 0 fully saturated rings. The number of fused-ring (bicyclic) bond motifs is 1. The Bertz CT molecular complexity index is 776. The van der Waals surface area contributed by atoms with E-state index in [0.29, 0.717) is 12.3 Å². The zero-order chi connectivity index (χ0) is 16.2. The van der Waals surface area contributed by atoms with Crippen molar-refractivity contribution in [1.29, 1.82) is 0 Å². The summed E-state index contributed by atoms with van der Waals surface area (Å²) in [6.45, 7) is 0.658. The van der Waals surface area contributed by atoms with Crippen molar-refractivity contribution < 1.29 is 9.21 Å². The van der Waals surface area contributed by atoms with E-state index in [0.717, 1.165) is 34.8 Å². The van der Waals surface area contributed by atoms with Crippen molar-refractivity contribution in [2.24, 2.45) is 0 Å². The lowest BCUT2D eigenvalue weighted by Gasteiger charge is -2.15. The smallest absolute Gasteiger partial charge is 0.289 e. The molecule has 3 rings (SSSR count). The molecule has 1 N–H and O–H groups in total. The molecule has 0 bridgehead atoms. The topological polar surface area (TPSA) is 62.1 Å². The minimum atomic E-state index is -0.0880. The second kappa shape index (κ2) is 6.91. The van der Waals surface area contributed by atoms with Gasteiger partial charge in [0.15, 0.2) is 10.9 Å². The number of imidazole rings is 1. The van der Waals surface area contributed by atoms with Gasteiger partial charge in [-0.05, 0) is 36.9 Å². The standard InChI is InChI=1S/C17H19N3O2S/c1-20(17(21)14-9-10-16(22-14)23-2)11-5-8-15-18-12-6-3-4-7-13(12)19-15/h3-4,6-7,9-10H,5,8,11H2,1-2H3,(H,18,19). The van der Waals surface area contributed by atoms with Crippen LogP contribution in [0.3, 0.4) is 0 Å². The monoisotopic (exact) mass is 329 g/mol. The van der Waals surface area contributed by atoms with Gasteiger partial charge in [-0.25, -0.2) is 4.98 Å². The van der Waals surface area contributed by atoms with Gasteiger partial charge < -0.3 is 14.3 Å². The number of benzene rings is 1. The number of carbonyl (C=O) groups is 1. The zero-order valence-electron chi connectivity index (χ0n) is 13.2. The molecule has 0 saturated carbocycles. The number of amides is 1. The van der Waals surface area contributed by atoms with Crippen molar-refractivity contribution in [1.82, 2.24) is 14.9 Å². The number of H-pyrrole nitrogens is 1. The summed E-state index contributed by atoms with van der Waals surface area (Å²) in [4.78, 5) is 21.8. The lowest BCUT2D eigenvalue weighted by molar-refractivity contribution is 0.0756. The summed E-state index contributed by atoms with van der Waals surface area (Å²) in [5.41, 5.74) is 2.03. The van der Waals surface area contributed by atoms with Crippen molar-refractivity contribution in [3.05, 3.63) is 48.0 Å². The molecule has 2 heterocycles. The van der Waals surface area contributed by atoms with Crippen LogP contribution in [0.25, 0.3) is 11.0 Å². The van der Waals surface area contributed by atoms with Gasteiger partial charge in [0, 0.05) is 20.0 Å². The Morgan fingerprint density at radius 2 is 2.13 bits per heavy atom. The van der Waals surface area contributed by atoms with Crippen LogP contribution in [0.2, 0.25) is 0 Å². The SMILES string of the molecule is CSc1ccc(C(=O)N(C)CCCc2nc3ccccc3[nH]2)o1. The van der Waals surface area contributed by atoms with Gasteiger partial charge in [0.2, 0.25) is 0 Å². The number of nitrogens with zero attached hydrogens (tertiary/aromatic N) is 2. The first-order valence-electron chi connectivity index (χ1n) is 7.50. The quantitative estimate of drug-likeness (QED) is 0.702. The molecule has 1 aromatic carbocycles. The Hall–Kier alpha value is -2.21. The second-order valence-electron chi connectivity index (χ2n) is 5.35. The molecule has 0 unspecified atom stereocenters. The van der Waals surface area contributed by atoms with Crippen molar-refractivity contribution in [2.75, 3.05) is 19.8 Å². The summed E-state index contributed by atoms with van der Waals surface area (Å²) in [7, 11) is 1.79. The molecule has 0 aliphatic carbocycles. The van der Waals surface area contributed by atoms with Crippen molar-refractivity contribution in [3.8, 4) is 0 Å². The molecule has 5 nitrogen and oxygen atoms in total. The number of aryl methyl sites for hydroxylation is 1. The average molecular weight is 329 g/mol. The van der Waals surface area contributed by atoms with Gasteiger partial charge in [-0.3, -0.25) is 4.79 Å². The molecule has 0 aliphatic heterocycles. The van der Waals surface area contributed by atoms with Crippen LogP contribution < -0.4 is 0 Å². The Labute approximate surface area is 139 Å². The number of carbonyl (C=O) groups excluding carboxylic acids is 1. The van der Waals surface area contributed by atoms with E-state index in [9.17, 15) is 4.79 Å². The average Bonchev–Trinajstić information content (AvgIpc) is 3.20. The molecule has 3 aromatic rings. The van der Waals surface area contributed by atoms with Gasteiger partial charge in [0.25, 0.3) is 5.91 Å². The number of thioether (sulfide) groups is 1. The molecule has 0 spiro atoms. The maximum atomic E-state index is 12.3. The Kier molecular flexibility index (Phi) is 4.71. The van der Waals surface area contributed by atoms with Gasteiger partial charge in [0.05, 0.1) is 11.0 Å². The highest BCUT2D eigenvalue weighted by Crippen LogP contribution is 2.19. The number of para-hydroxylation sites is 2. The van der Waals surface area contributed by atoms with Crippen LogP contribution in [-0.2, 0) is 6.42 Å². The zero-order valence-corrected chi connectivity index (χ0v) is 14.0. The molecule has 6 heteroatoms. The van der Waals surface area contributed by atoms with Crippen molar-refractivity contribution >= 4 is 28.7 Å². The largest absolute Gasteiger partial charge is 0.445 e. The summed E-state index contributed by atoms with van der Waals surface area (Å²) in [5, 5.41) is 0.754. The van der Waals surface area contributed by atoms with Crippen LogP contribution in [0.5, 0.6) is 0 Å². The fraction of sp³-hybridized carbons (Fsp3) is 0.294. The number of furan rings is 1. The van der Waals surface area contributed by atoms with E-state index in [4.69, 9.17) is 4.42 Å². The fourth-order valence-corrected chi connectivity index (χ4v) is 2.82. The predicted octanol–water partition coefficient (Wildman–Crippen LogP) is 3.58. The van der Waals surface area contributed by atoms with Crippen LogP contribution in [-0.4, -0.2) is 40.6 Å². The molecule has 0 aliphatic rings. The molecule has 1 amide bonds. The van der Waals surface area contributed by atoms with E-state index in [1.165, 1.54) is 11.8 Å². The molecule has 120 valence electrons. The van der Waals surface area contributed by atoms with Crippen LogP contribution in [0.15, 0.2) is 45.9 Å². The highest BCUT2D eigenvalue weighted by atomic mass is 32.2. The third kappa shape index (κ3) is 3.59. The van der Waals surface area contributed by atoms with Crippen LogP contribution in [0.1, 0.15) is 22.8 Å². The van der Waals surface area contributed by atoms with E-state index in [1.807, 2.05) is 36.6 Å². The van der Waals surface area contributed by atoms with Crippen molar-refractivity contribution in [3.63, 3.8) is 0 Å². The minimum absolute atomic E-state index is 0.0880. The normalized spacial score (nSPS) is 11.0. The van der Waals surface area contributed by atoms with Crippen LogP contribution in [0.4, 0.5) is 0 Å². The van der Waals surface area contributed by atoms with E-state index in [2.05, 4.69) is 9.97 Å². The Morgan fingerprint density at radius 3 is 2.87 bits per heavy atom. The number of rotatable bonds is 6. The number of hydrogen-bond donors (Lipinski definition) is 1. The van der Waals surface area contributed by atoms with E-state index < -0.39 is 0 Å². The molecular formula is C17H19N3O2S. The number of aromatic nitrogens is 2. The van der Waals surface area contributed by atoms with Crippen molar-refractivity contribution in [2.45, 2.75) is 17.9 Å². The predicted molar refractivity (Wildman–Crippen MR) is 91.9 cm³/mol. The molecule has 2 aromatic heterocycles.